The van der Waals surface area contributed by atoms with Crippen LogP contribution in [0.3, 0.4) is 0 Å². The molecule has 0 amide bonds. The van der Waals surface area contributed by atoms with Crippen molar-refractivity contribution in [2.75, 3.05) is 6.61 Å². The minimum Gasteiger partial charge on any atom is -0.396 e. The quantitative estimate of drug-likeness (QED) is 0.574. The molecule has 2 atom stereocenters. The Labute approximate surface area is 74.9 Å². The zero-order chi connectivity index (χ0) is 9.40. The molecule has 0 aliphatic carbocycles. The van der Waals surface area contributed by atoms with Crippen molar-refractivity contribution in [1.29, 1.82) is 0 Å². The third-order valence-corrected chi connectivity index (χ3v) is 2.15. The SMILES string of the molecule is C=CC[C@@H](CC)C[C@@H](O)CCO. The summed E-state index contributed by atoms with van der Waals surface area (Å²) in [6.45, 7) is 5.86. The van der Waals surface area contributed by atoms with Gasteiger partial charge in [0.15, 0.2) is 0 Å². The fraction of sp³-hybridized carbons (Fsp3) is 0.800. The monoisotopic (exact) mass is 172 g/mol. The normalized spacial score (nSPS) is 15.6. The van der Waals surface area contributed by atoms with E-state index in [0.29, 0.717) is 12.3 Å². The van der Waals surface area contributed by atoms with Gasteiger partial charge in [0.1, 0.15) is 0 Å². The van der Waals surface area contributed by atoms with Crippen LogP contribution in [0.4, 0.5) is 0 Å². The van der Waals surface area contributed by atoms with Gasteiger partial charge >= 0.3 is 0 Å². The Morgan fingerprint density at radius 3 is 2.58 bits per heavy atom. The van der Waals surface area contributed by atoms with Gasteiger partial charge in [-0.25, -0.2) is 0 Å². The summed E-state index contributed by atoms with van der Waals surface area (Å²) < 4.78 is 0. The second-order valence-corrected chi connectivity index (χ2v) is 3.20. The number of hydrogen-bond donors (Lipinski definition) is 2. The van der Waals surface area contributed by atoms with Crippen molar-refractivity contribution >= 4 is 0 Å². The lowest BCUT2D eigenvalue weighted by molar-refractivity contribution is 0.108. The Balaban J connectivity index is 3.60. The van der Waals surface area contributed by atoms with E-state index in [1.807, 2.05) is 6.08 Å². The molecule has 2 heteroatoms. The lowest BCUT2D eigenvalue weighted by Crippen LogP contribution is -2.14. The highest BCUT2D eigenvalue weighted by atomic mass is 16.3. The van der Waals surface area contributed by atoms with E-state index in [0.717, 1.165) is 19.3 Å². The van der Waals surface area contributed by atoms with Gasteiger partial charge in [0, 0.05) is 6.61 Å². The van der Waals surface area contributed by atoms with Gasteiger partial charge < -0.3 is 10.2 Å². The predicted molar refractivity (Wildman–Crippen MR) is 50.9 cm³/mol. The van der Waals surface area contributed by atoms with E-state index >= 15 is 0 Å². The van der Waals surface area contributed by atoms with Gasteiger partial charge in [-0.1, -0.05) is 19.4 Å². The molecule has 0 aliphatic rings. The molecule has 0 radical (unpaired) electrons. The van der Waals surface area contributed by atoms with Crippen LogP contribution < -0.4 is 0 Å². The van der Waals surface area contributed by atoms with Crippen molar-refractivity contribution in [3.05, 3.63) is 12.7 Å². The van der Waals surface area contributed by atoms with Crippen LogP contribution >= 0.6 is 0 Å². The average Bonchev–Trinajstić information content (AvgIpc) is 2.04. The van der Waals surface area contributed by atoms with Crippen molar-refractivity contribution in [1.82, 2.24) is 0 Å². The third-order valence-electron chi connectivity index (χ3n) is 2.15. The van der Waals surface area contributed by atoms with E-state index in [1.165, 1.54) is 0 Å². The van der Waals surface area contributed by atoms with Crippen LogP contribution in [0, 0.1) is 5.92 Å². The molecule has 0 rings (SSSR count). The van der Waals surface area contributed by atoms with Gasteiger partial charge in [-0.05, 0) is 25.2 Å². The highest BCUT2D eigenvalue weighted by Crippen LogP contribution is 2.16. The largest absolute Gasteiger partial charge is 0.396 e. The first-order valence-corrected chi connectivity index (χ1v) is 4.64. The number of aliphatic hydroxyl groups excluding tert-OH is 2. The highest BCUT2D eigenvalue weighted by Gasteiger charge is 2.10. The molecule has 0 aromatic carbocycles. The van der Waals surface area contributed by atoms with E-state index in [9.17, 15) is 5.11 Å². The minimum atomic E-state index is -0.347. The van der Waals surface area contributed by atoms with Gasteiger partial charge in [-0.2, -0.15) is 0 Å². The summed E-state index contributed by atoms with van der Waals surface area (Å²) in [5, 5.41) is 18.0. The van der Waals surface area contributed by atoms with E-state index in [2.05, 4.69) is 13.5 Å². The van der Waals surface area contributed by atoms with Crippen molar-refractivity contribution in [3.63, 3.8) is 0 Å². The molecule has 0 aliphatic heterocycles. The van der Waals surface area contributed by atoms with Crippen LogP contribution in [-0.4, -0.2) is 22.9 Å². The topological polar surface area (TPSA) is 40.5 Å². The molecule has 0 bridgehead atoms. The third kappa shape index (κ3) is 5.33. The van der Waals surface area contributed by atoms with Crippen LogP contribution in [-0.2, 0) is 0 Å². The summed E-state index contributed by atoms with van der Waals surface area (Å²) in [5.41, 5.74) is 0. The van der Waals surface area contributed by atoms with Crippen LogP contribution in [0.1, 0.15) is 32.6 Å². The molecule has 0 fully saturated rings. The summed E-state index contributed by atoms with van der Waals surface area (Å²) >= 11 is 0. The standard InChI is InChI=1S/C10H20O2/c1-3-5-9(4-2)8-10(12)6-7-11/h3,9-12H,1,4-8H2,2H3/t9-,10+/m1/s1. The Morgan fingerprint density at radius 2 is 2.17 bits per heavy atom. The van der Waals surface area contributed by atoms with E-state index < -0.39 is 0 Å². The molecule has 2 nitrogen and oxygen atoms in total. The van der Waals surface area contributed by atoms with Crippen molar-refractivity contribution < 1.29 is 10.2 Å². The van der Waals surface area contributed by atoms with Crippen LogP contribution in [0.15, 0.2) is 12.7 Å². The molecule has 0 unspecified atom stereocenters. The van der Waals surface area contributed by atoms with Crippen molar-refractivity contribution in [2.24, 2.45) is 5.92 Å². The molecule has 72 valence electrons. The Morgan fingerprint density at radius 1 is 1.50 bits per heavy atom. The highest BCUT2D eigenvalue weighted by molar-refractivity contribution is 4.74. The van der Waals surface area contributed by atoms with E-state index in [-0.39, 0.29) is 12.7 Å². The first kappa shape index (κ1) is 11.7. The summed E-state index contributed by atoms with van der Waals surface area (Å²) in [6.07, 6.45) is 4.84. The van der Waals surface area contributed by atoms with Crippen molar-refractivity contribution in [2.45, 2.75) is 38.7 Å². The molecule has 0 aromatic heterocycles. The lowest BCUT2D eigenvalue weighted by atomic mass is 9.94. The Hall–Kier alpha value is -0.340. The predicted octanol–water partition coefficient (Wildman–Crippen LogP) is 1.72. The molecule has 2 N–H and O–H groups in total. The number of aliphatic hydroxyl groups is 2. The fourth-order valence-corrected chi connectivity index (χ4v) is 1.32. The summed E-state index contributed by atoms with van der Waals surface area (Å²) in [7, 11) is 0. The zero-order valence-corrected chi connectivity index (χ0v) is 7.87. The second kappa shape index (κ2) is 7.32. The fourth-order valence-electron chi connectivity index (χ4n) is 1.32. The number of rotatable bonds is 7. The first-order chi connectivity index (χ1) is 5.74. The molecule has 12 heavy (non-hydrogen) atoms. The molecule has 0 saturated carbocycles. The van der Waals surface area contributed by atoms with Crippen molar-refractivity contribution in [3.8, 4) is 0 Å². The number of hydrogen-bond acceptors (Lipinski definition) is 2. The molecule has 0 aromatic rings. The maximum atomic E-state index is 9.38. The van der Waals surface area contributed by atoms with Gasteiger partial charge in [0.05, 0.1) is 6.10 Å². The van der Waals surface area contributed by atoms with Gasteiger partial charge in [-0.3, -0.25) is 0 Å². The Bertz CT molecular complexity index is 112. The lowest BCUT2D eigenvalue weighted by Gasteiger charge is -2.16. The Kier molecular flexibility index (Phi) is 7.11. The summed E-state index contributed by atoms with van der Waals surface area (Å²) in [5.74, 6) is 0.518. The smallest absolute Gasteiger partial charge is 0.0564 e. The van der Waals surface area contributed by atoms with Gasteiger partial charge in [-0.15, -0.1) is 6.58 Å². The first-order valence-electron chi connectivity index (χ1n) is 4.64. The van der Waals surface area contributed by atoms with Crippen LogP contribution in [0.25, 0.3) is 0 Å². The number of allylic oxidation sites excluding steroid dienone is 1. The average molecular weight is 172 g/mol. The van der Waals surface area contributed by atoms with Gasteiger partial charge in [0.25, 0.3) is 0 Å². The van der Waals surface area contributed by atoms with E-state index in [4.69, 9.17) is 5.11 Å². The van der Waals surface area contributed by atoms with E-state index in [1.54, 1.807) is 0 Å². The molecular formula is C10H20O2. The minimum absolute atomic E-state index is 0.0751. The summed E-state index contributed by atoms with van der Waals surface area (Å²) in [6, 6.07) is 0. The molecular weight excluding hydrogens is 152 g/mol. The summed E-state index contributed by atoms with van der Waals surface area (Å²) in [4.78, 5) is 0. The van der Waals surface area contributed by atoms with Gasteiger partial charge in [0.2, 0.25) is 0 Å². The maximum absolute atomic E-state index is 9.38. The van der Waals surface area contributed by atoms with Crippen LogP contribution in [0.2, 0.25) is 0 Å². The second-order valence-electron chi connectivity index (χ2n) is 3.20. The maximum Gasteiger partial charge on any atom is 0.0564 e. The molecule has 0 heterocycles. The molecule has 0 spiro atoms. The van der Waals surface area contributed by atoms with Crippen LogP contribution in [0.5, 0.6) is 0 Å². The zero-order valence-electron chi connectivity index (χ0n) is 7.87. The molecule has 0 saturated heterocycles.